The van der Waals surface area contributed by atoms with Crippen LogP contribution in [0, 0.1) is 0 Å². The molecule has 212 valence electrons. The van der Waals surface area contributed by atoms with Gasteiger partial charge in [-0.05, 0) is 94.3 Å². The highest BCUT2D eigenvalue weighted by molar-refractivity contribution is 5.93. The molecule has 1 aliphatic carbocycles. The van der Waals surface area contributed by atoms with Crippen LogP contribution in [0.1, 0.15) is 71.8 Å². The van der Waals surface area contributed by atoms with E-state index in [0.717, 1.165) is 28.8 Å². The number of fused-ring (bicyclic) bond motifs is 1. The molecule has 0 bridgehead atoms. The van der Waals surface area contributed by atoms with Crippen molar-refractivity contribution in [2.45, 2.75) is 83.8 Å². The first-order valence-corrected chi connectivity index (χ1v) is 14.8. The second-order valence-corrected chi connectivity index (χ2v) is 12.7. The molecule has 0 spiro atoms. The summed E-state index contributed by atoms with van der Waals surface area (Å²) in [7, 11) is 3.36. The van der Waals surface area contributed by atoms with Gasteiger partial charge in [-0.25, -0.2) is 0 Å². The van der Waals surface area contributed by atoms with Crippen molar-refractivity contribution in [2.75, 3.05) is 45.7 Å². The van der Waals surface area contributed by atoms with E-state index in [9.17, 15) is 0 Å². The molecule has 2 heterocycles. The van der Waals surface area contributed by atoms with Crippen LogP contribution in [-0.4, -0.2) is 72.8 Å². The summed E-state index contributed by atoms with van der Waals surface area (Å²) in [6.07, 6.45) is 5.06. The number of methoxy groups -OCH3 is 2. The Bertz CT molecular complexity index is 1260. The van der Waals surface area contributed by atoms with Crippen LogP contribution < -0.4 is 14.8 Å². The molecule has 2 fully saturated rings. The van der Waals surface area contributed by atoms with Gasteiger partial charge in [-0.1, -0.05) is 13.8 Å². The van der Waals surface area contributed by atoms with Crippen molar-refractivity contribution >= 4 is 16.6 Å². The van der Waals surface area contributed by atoms with Gasteiger partial charge in [-0.15, -0.1) is 0 Å². The maximum absolute atomic E-state index is 5.59. The summed E-state index contributed by atoms with van der Waals surface area (Å²) >= 11 is 0. The fraction of sp³-hybridized carbons (Fsp3) is 0.576. The topological polar surface area (TPSA) is 52.8 Å². The van der Waals surface area contributed by atoms with Gasteiger partial charge in [0.15, 0.2) is 11.5 Å². The van der Waals surface area contributed by atoms with Crippen LogP contribution in [-0.2, 0) is 0 Å². The molecule has 1 saturated carbocycles. The second kappa shape index (κ2) is 11.4. The van der Waals surface area contributed by atoms with Crippen molar-refractivity contribution in [1.29, 1.82) is 0 Å². The predicted molar refractivity (Wildman–Crippen MR) is 163 cm³/mol. The lowest BCUT2D eigenvalue weighted by Crippen LogP contribution is -2.56. The van der Waals surface area contributed by atoms with Crippen LogP contribution in [0.4, 0.5) is 5.69 Å². The van der Waals surface area contributed by atoms with E-state index in [1.54, 1.807) is 14.2 Å². The molecule has 3 aromatic rings. The van der Waals surface area contributed by atoms with Crippen LogP contribution in [0.3, 0.4) is 0 Å². The molecule has 2 aromatic carbocycles. The molecule has 1 saturated heterocycles. The zero-order valence-corrected chi connectivity index (χ0v) is 25.1. The Labute approximate surface area is 235 Å². The van der Waals surface area contributed by atoms with E-state index in [2.05, 4.69) is 85.1 Å². The minimum atomic E-state index is 0.284. The average Bonchev–Trinajstić information content (AvgIpc) is 3.32. The predicted octanol–water partition coefficient (Wildman–Crippen LogP) is 7.11. The zero-order chi connectivity index (χ0) is 27.7. The second-order valence-electron chi connectivity index (χ2n) is 12.7. The Morgan fingerprint density at radius 3 is 2.18 bits per heavy atom. The Kier molecular flexibility index (Phi) is 8.16. The fourth-order valence-corrected chi connectivity index (χ4v) is 6.70. The van der Waals surface area contributed by atoms with Gasteiger partial charge in [0.05, 0.1) is 19.9 Å². The molecule has 39 heavy (non-hydrogen) atoms. The number of H-pyrrole nitrogens is 1. The number of hydrogen-bond donors (Lipinski definition) is 2. The van der Waals surface area contributed by atoms with Gasteiger partial charge in [0, 0.05) is 66.0 Å². The number of nitrogens with one attached hydrogen (secondary N) is 2. The molecule has 1 aliphatic heterocycles. The lowest BCUT2D eigenvalue weighted by atomic mass is 9.89. The van der Waals surface area contributed by atoms with Crippen LogP contribution in [0.15, 0.2) is 36.4 Å². The summed E-state index contributed by atoms with van der Waals surface area (Å²) < 4.78 is 11.0. The number of nitrogens with zero attached hydrogens (tertiary/aromatic N) is 2. The van der Waals surface area contributed by atoms with E-state index in [1.165, 1.54) is 74.0 Å². The summed E-state index contributed by atoms with van der Waals surface area (Å²) in [5, 5.41) is 5.19. The van der Waals surface area contributed by atoms with E-state index in [4.69, 9.17) is 9.47 Å². The Balaban J connectivity index is 1.27. The smallest absolute Gasteiger partial charge is 0.161 e. The normalized spacial score (nSPS) is 21.4. The monoisotopic (exact) mass is 532 g/mol. The minimum absolute atomic E-state index is 0.284. The first kappa shape index (κ1) is 27.9. The van der Waals surface area contributed by atoms with Gasteiger partial charge >= 0.3 is 0 Å². The molecule has 0 amide bonds. The minimum Gasteiger partial charge on any atom is -0.493 e. The highest BCUT2D eigenvalue weighted by Crippen LogP contribution is 2.40. The van der Waals surface area contributed by atoms with E-state index in [1.807, 2.05) is 6.07 Å². The highest BCUT2D eigenvalue weighted by atomic mass is 16.5. The fourth-order valence-electron chi connectivity index (χ4n) is 6.70. The quantitative estimate of drug-likeness (QED) is 0.339. The molecular weight excluding hydrogens is 484 g/mol. The molecule has 0 unspecified atom stereocenters. The number of hydrogen-bond acceptors (Lipinski definition) is 5. The van der Waals surface area contributed by atoms with Crippen molar-refractivity contribution in [3.05, 3.63) is 42.0 Å². The molecule has 0 atom stereocenters. The van der Waals surface area contributed by atoms with Crippen LogP contribution in [0.2, 0.25) is 0 Å². The van der Waals surface area contributed by atoms with Crippen molar-refractivity contribution < 1.29 is 9.47 Å². The summed E-state index contributed by atoms with van der Waals surface area (Å²) in [5.74, 6) is 1.88. The molecule has 5 rings (SSSR count). The van der Waals surface area contributed by atoms with Crippen molar-refractivity contribution in [1.82, 2.24) is 14.8 Å². The third-order valence-electron chi connectivity index (χ3n) is 8.94. The Hall–Kier alpha value is -2.70. The lowest BCUT2D eigenvalue weighted by Gasteiger charge is -2.46. The number of ether oxygens (including phenoxy) is 2. The average molecular weight is 533 g/mol. The Morgan fingerprint density at radius 1 is 0.872 bits per heavy atom. The third-order valence-corrected chi connectivity index (χ3v) is 8.94. The lowest BCUT2D eigenvalue weighted by molar-refractivity contribution is 0.0325. The summed E-state index contributed by atoms with van der Waals surface area (Å²) in [6.45, 7) is 16.4. The summed E-state index contributed by atoms with van der Waals surface area (Å²) in [5.41, 5.74) is 6.30. The molecule has 0 radical (unpaired) electrons. The number of rotatable bonds is 7. The van der Waals surface area contributed by atoms with Crippen molar-refractivity contribution in [3.63, 3.8) is 0 Å². The van der Waals surface area contributed by atoms with Crippen LogP contribution >= 0.6 is 0 Å². The van der Waals surface area contributed by atoms with E-state index < -0.39 is 0 Å². The van der Waals surface area contributed by atoms with Gasteiger partial charge < -0.3 is 19.8 Å². The van der Waals surface area contributed by atoms with Gasteiger partial charge in [-0.3, -0.25) is 9.80 Å². The maximum atomic E-state index is 5.59. The van der Waals surface area contributed by atoms with E-state index in [-0.39, 0.29) is 5.54 Å². The van der Waals surface area contributed by atoms with Gasteiger partial charge in [0.25, 0.3) is 0 Å². The van der Waals surface area contributed by atoms with Gasteiger partial charge in [0.1, 0.15) is 0 Å². The number of aromatic amines is 1. The van der Waals surface area contributed by atoms with Crippen LogP contribution in [0.5, 0.6) is 11.5 Å². The van der Waals surface area contributed by atoms with E-state index in [0.29, 0.717) is 12.0 Å². The number of benzene rings is 2. The Morgan fingerprint density at radius 2 is 1.56 bits per heavy atom. The highest BCUT2D eigenvalue weighted by Gasteiger charge is 2.31. The van der Waals surface area contributed by atoms with Gasteiger partial charge in [0.2, 0.25) is 0 Å². The van der Waals surface area contributed by atoms with E-state index >= 15 is 0 Å². The molecule has 6 heteroatoms. The maximum Gasteiger partial charge on any atom is 0.161 e. The first-order valence-electron chi connectivity index (χ1n) is 14.8. The molecule has 2 N–H and O–H groups in total. The largest absolute Gasteiger partial charge is 0.493 e. The molecule has 2 aliphatic rings. The molecule has 6 nitrogen and oxygen atoms in total. The van der Waals surface area contributed by atoms with Crippen LogP contribution in [0.25, 0.3) is 22.2 Å². The summed E-state index contributed by atoms with van der Waals surface area (Å²) in [4.78, 5) is 9.10. The standard InChI is InChI=1S/C33H48N4O2/c1-22(2)31-27-21-25(11-14-28(27)35-32(31)23-8-15-29(38-6)30(20-23)39-7)34-24-9-12-26(13-10-24)36-16-18-37(19-17-36)33(3,4)5/h8,11,14-15,20-22,24,26,34-35H,9-10,12-13,16-19H2,1-7H3. The number of aromatic nitrogens is 1. The first-order chi connectivity index (χ1) is 18.7. The summed E-state index contributed by atoms with van der Waals surface area (Å²) in [6, 6.07) is 14.3. The molecule has 1 aromatic heterocycles. The SMILES string of the molecule is COc1ccc(-c2[nH]c3ccc(NC4CCC(N5CCN(C(C)(C)C)CC5)CC4)cc3c2C(C)C)cc1OC. The zero-order valence-electron chi connectivity index (χ0n) is 25.1. The number of piperazine rings is 1. The van der Waals surface area contributed by atoms with Gasteiger partial charge in [-0.2, -0.15) is 0 Å². The third kappa shape index (κ3) is 5.92. The number of anilines is 1. The van der Waals surface area contributed by atoms with Crippen molar-refractivity contribution in [3.8, 4) is 22.8 Å². The van der Waals surface area contributed by atoms with Crippen molar-refractivity contribution in [2.24, 2.45) is 0 Å². The molecular formula is C33H48N4O2.